The molecular weight excluding hydrogens is 333 g/mol. The molecule has 3 aromatic rings. The van der Waals surface area contributed by atoms with E-state index in [9.17, 15) is 9.18 Å². The molecule has 0 saturated carbocycles. The summed E-state index contributed by atoms with van der Waals surface area (Å²) >= 11 is 6.03. The van der Waals surface area contributed by atoms with Gasteiger partial charge in [0.25, 0.3) is 0 Å². The zero-order valence-electron chi connectivity index (χ0n) is 12.5. The number of carbonyl (C=O) groups is 1. The van der Waals surface area contributed by atoms with Crippen LogP contribution in [-0.4, -0.2) is 16.0 Å². The first-order chi connectivity index (χ1) is 11.6. The first-order valence-electron chi connectivity index (χ1n) is 7.20. The molecular formula is C17H13ClFN3O2. The third kappa shape index (κ3) is 3.97. The van der Waals surface area contributed by atoms with E-state index in [2.05, 4.69) is 15.5 Å². The van der Waals surface area contributed by atoms with Gasteiger partial charge in [-0.1, -0.05) is 47.1 Å². The number of amides is 1. The third-order valence-corrected chi connectivity index (χ3v) is 3.67. The van der Waals surface area contributed by atoms with Crippen LogP contribution in [0.1, 0.15) is 11.5 Å². The minimum Gasteiger partial charge on any atom is -0.352 e. The number of benzene rings is 2. The predicted molar refractivity (Wildman–Crippen MR) is 86.7 cm³/mol. The summed E-state index contributed by atoms with van der Waals surface area (Å²) in [6, 6.07) is 13.1. The number of nitrogens with zero attached hydrogens (tertiary/aromatic N) is 2. The van der Waals surface area contributed by atoms with Gasteiger partial charge in [-0.3, -0.25) is 4.79 Å². The highest BCUT2D eigenvalue weighted by Gasteiger charge is 2.13. The van der Waals surface area contributed by atoms with Crippen molar-refractivity contribution < 1.29 is 13.7 Å². The van der Waals surface area contributed by atoms with Gasteiger partial charge in [-0.2, -0.15) is 4.98 Å². The molecule has 0 spiro atoms. The van der Waals surface area contributed by atoms with Gasteiger partial charge in [0.2, 0.25) is 17.6 Å². The Kier molecular flexibility index (Phi) is 4.86. The summed E-state index contributed by atoms with van der Waals surface area (Å²) in [5, 5.41) is 7.08. The molecule has 2 aromatic carbocycles. The zero-order chi connectivity index (χ0) is 16.9. The van der Waals surface area contributed by atoms with E-state index in [1.807, 2.05) is 18.2 Å². The SMILES string of the molecule is O=C(Cc1nc(-c2cccc(F)c2)no1)NCc1ccccc1Cl. The summed E-state index contributed by atoms with van der Waals surface area (Å²) in [5.41, 5.74) is 1.31. The number of aromatic nitrogens is 2. The highest BCUT2D eigenvalue weighted by molar-refractivity contribution is 6.31. The van der Waals surface area contributed by atoms with Crippen LogP contribution in [0.4, 0.5) is 4.39 Å². The fourth-order valence-electron chi connectivity index (χ4n) is 2.11. The van der Waals surface area contributed by atoms with Crippen molar-refractivity contribution in [3.8, 4) is 11.4 Å². The van der Waals surface area contributed by atoms with Gasteiger partial charge in [-0.15, -0.1) is 0 Å². The van der Waals surface area contributed by atoms with Crippen molar-refractivity contribution in [1.82, 2.24) is 15.5 Å². The highest BCUT2D eigenvalue weighted by Crippen LogP contribution is 2.17. The van der Waals surface area contributed by atoms with E-state index in [-0.39, 0.29) is 24.0 Å². The molecule has 5 nitrogen and oxygen atoms in total. The molecule has 122 valence electrons. The number of rotatable bonds is 5. The highest BCUT2D eigenvalue weighted by atomic mass is 35.5. The molecule has 1 amide bonds. The molecule has 24 heavy (non-hydrogen) atoms. The Labute approximate surface area is 142 Å². The van der Waals surface area contributed by atoms with E-state index in [1.165, 1.54) is 12.1 Å². The summed E-state index contributed by atoms with van der Waals surface area (Å²) < 4.78 is 18.2. The maximum Gasteiger partial charge on any atom is 0.236 e. The third-order valence-electron chi connectivity index (χ3n) is 3.30. The quantitative estimate of drug-likeness (QED) is 0.769. The predicted octanol–water partition coefficient (Wildman–Crippen LogP) is 3.39. The molecule has 3 rings (SSSR count). The number of nitrogens with one attached hydrogen (secondary N) is 1. The molecule has 0 radical (unpaired) electrons. The van der Waals surface area contributed by atoms with E-state index >= 15 is 0 Å². The Hall–Kier alpha value is -2.73. The molecule has 7 heteroatoms. The molecule has 0 aliphatic rings. The van der Waals surface area contributed by atoms with E-state index in [0.29, 0.717) is 17.1 Å². The number of carbonyl (C=O) groups excluding carboxylic acids is 1. The van der Waals surface area contributed by atoms with E-state index in [0.717, 1.165) is 5.56 Å². The summed E-state index contributed by atoms with van der Waals surface area (Å²) in [5.74, 6) is -0.269. The fourth-order valence-corrected chi connectivity index (χ4v) is 2.31. The summed E-state index contributed by atoms with van der Waals surface area (Å²) in [4.78, 5) is 16.1. The topological polar surface area (TPSA) is 68.0 Å². The second-order valence-corrected chi connectivity index (χ2v) is 5.47. The van der Waals surface area contributed by atoms with Crippen molar-refractivity contribution in [3.63, 3.8) is 0 Å². The summed E-state index contributed by atoms with van der Waals surface area (Å²) in [6.07, 6.45) is -0.0627. The van der Waals surface area contributed by atoms with Gasteiger partial charge in [0.1, 0.15) is 12.2 Å². The van der Waals surface area contributed by atoms with Crippen LogP contribution in [0.3, 0.4) is 0 Å². The lowest BCUT2D eigenvalue weighted by Crippen LogP contribution is -2.24. The van der Waals surface area contributed by atoms with Gasteiger partial charge in [-0.05, 0) is 23.8 Å². The Bertz CT molecular complexity index is 866. The van der Waals surface area contributed by atoms with Gasteiger partial charge in [0, 0.05) is 17.1 Å². The lowest BCUT2D eigenvalue weighted by Gasteiger charge is -2.05. The van der Waals surface area contributed by atoms with Gasteiger partial charge in [0.15, 0.2) is 0 Å². The maximum atomic E-state index is 13.2. The van der Waals surface area contributed by atoms with Crippen molar-refractivity contribution in [2.24, 2.45) is 0 Å². The molecule has 0 aliphatic carbocycles. The molecule has 0 aliphatic heterocycles. The van der Waals surface area contributed by atoms with Crippen LogP contribution in [0.5, 0.6) is 0 Å². The van der Waals surface area contributed by atoms with Crippen molar-refractivity contribution in [3.05, 3.63) is 70.8 Å². The van der Waals surface area contributed by atoms with Gasteiger partial charge < -0.3 is 9.84 Å². The average Bonchev–Trinajstić information content (AvgIpc) is 3.02. The van der Waals surface area contributed by atoms with Gasteiger partial charge in [-0.25, -0.2) is 4.39 Å². The monoisotopic (exact) mass is 345 g/mol. The second kappa shape index (κ2) is 7.23. The largest absolute Gasteiger partial charge is 0.352 e. The normalized spacial score (nSPS) is 10.6. The van der Waals surface area contributed by atoms with E-state index in [4.69, 9.17) is 16.1 Å². The molecule has 0 bridgehead atoms. The van der Waals surface area contributed by atoms with Crippen molar-refractivity contribution in [2.75, 3.05) is 0 Å². The van der Waals surface area contributed by atoms with Gasteiger partial charge >= 0.3 is 0 Å². The fraction of sp³-hybridized carbons (Fsp3) is 0.118. The maximum absolute atomic E-state index is 13.2. The Morgan fingerprint density at radius 2 is 2.04 bits per heavy atom. The van der Waals surface area contributed by atoms with E-state index in [1.54, 1.807) is 18.2 Å². The number of halogens is 2. The standard InChI is InChI=1S/C17H13ClFN3O2/c18-14-7-2-1-4-12(14)10-20-15(23)9-16-21-17(22-24-16)11-5-3-6-13(19)8-11/h1-8H,9-10H2,(H,20,23). The van der Waals surface area contributed by atoms with Crippen molar-refractivity contribution in [1.29, 1.82) is 0 Å². The number of hydrogen-bond donors (Lipinski definition) is 1. The van der Waals surface area contributed by atoms with Crippen LogP contribution in [0, 0.1) is 5.82 Å². The lowest BCUT2D eigenvalue weighted by molar-refractivity contribution is -0.120. The lowest BCUT2D eigenvalue weighted by atomic mass is 10.2. The van der Waals surface area contributed by atoms with Crippen LogP contribution < -0.4 is 5.32 Å². The summed E-state index contributed by atoms with van der Waals surface area (Å²) in [7, 11) is 0. The molecule has 0 atom stereocenters. The summed E-state index contributed by atoms with van der Waals surface area (Å²) in [6.45, 7) is 0.309. The van der Waals surface area contributed by atoms with Crippen LogP contribution >= 0.6 is 11.6 Å². The van der Waals surface area contributed by atoms with E-state index < -0.39 is 5.82 Å². The smallest absolute Gasteiger partial charge is 0.236 e. The molecule has 1 aromatic heterocycles. The second-order valence-electron chi connectivity index (χ2n) is 5.07. The molecule has 0 fully saturated rings. The van der Waals surface area contributed by atoms with Gasteiger partial charge in [0.05, 0.1) is 0 Å². The van der Waals surface area contributed by atoms with Crippen molar-refractivity contribution >= 4 is 17.5 Å². The minimum atomic E-state index is -0.392. The Balaban J connectivity index is 1.60. The first-order valence-corrected chi connectivity index (χ1v) is 7.58. The molecule has 0 saturated heterocycles. The molecule has 1 heterocycles. The Morgan fingerprint density at radius 1 is 1.21 bits per heavy atom. The Morgan fingerprint density at radius 3 is 2.83 bits per heavy atom. The zero-order valence-corrected chi connectivity index (χ0v) is 13.3. The minimum absolute atomic E-state index is 0.0627. The van der Waals surface area contributed by atoms with Crippen LogP contribution in [0.25, 0.3) is 11.4 Å². The molecule has 0 unspecified atom stereocenters. The number of hydrogen-bond acceptors (Lipinski definition) is 4. The van der Waals surface area contributed by atoms with Crippen molar-refractivity contribution in [2.45, 2.75) is 13.0 Å². The van der Waals surface area contributed by atoms with Crippen LogP contribution in [0.2, 0.25) is 5.02 Å². The average molecular weight is 346 g/mol. The first kappa shape index (κ1) is 16.1. The van der Waals surface area contributed by atoms with Crippen LogP contribution in [-0.2, 0) is 17.8 Å². The molecule has 1 N–H and O–H groups in total. The van der Waals surface area contributed by atoms with Crippen LogP contribution in [0.15, 0.2) is 53.1 Å².